The number of sulfone groups is 1. The summed E-state index contributed by atoms with van der Waals surface area (Å²) in [5.74, 6) is 0.932. The van der Waals surface area contributed by atoms with Crippen LogP contribution in [0.2, 0.25) is 0 Å². The number of pyridine rings is 1. The summed E-state index contributed by atoms with van der Waals surface area (Å²) in [5.41, 5.74) is 5.18. The second-order valence-electron chi connectivity index (χ2n) is 9.18. The smallest absolute Gasteiger partial charge is 0.253 e. The third kappa shape index (κ3) is 3.95. The molecular formula is C23H29N3O3S. The lowest BCUT2D eigenvalue weighted by Gasteiger charge is -2.15. The molecule has 160 valence electrons. The number of benzene rings is 1. The highest BCUT2D eigenvalue weighted by Gasteiger charge is 2.38. The molecule has 2 heterocycles. The standard InChI is InChI=1S/C23H29N3O3S/c1-6-20-24-21-18(13-30(5,28)29)10-16(17-9-15(2)22(27)25(4)12-17)11-19(21)26(20)14-23(3)7-8-23/h9-12H,6-8,13-14H2,1-5H3. The molecular weight excluding hydrogens is 398 g/mol. The lowest BCUT2D eigenvalue weighted by molar-refractivity contribution is 0.462. The van der Waals surface area contributed by atoms with Gasteiger partial charge in [0.1, 0.15) is 5.82 Å². The lowest BCUT2D eigenvalue weighted by atomic mass is 10.0. The Morgan fingerprint density at radius 3 is 2.43 bits per heavy atom. The van der Waals surface area contributed by atoms with Crippen molar-refractivity contribution in [2.45, 2.75) is 52.3 Å². The van der Waals surface area contributed by atoms with E-state index in [2.05, 4.69) is 24.5 Å². The summed E-state index contributed by atoms with van der Waals surface area (Å²) in [5, 5.41) is 0. The van der Waals surface area contributed by atoms with Crippen molar-refractivity contribution in [3.05, 3.63) is 51.7 Å². The average Bonchev–Trinajstić information content (AvgIpc) is 3.27. The highest BCUT2D eigenvalue weighted by atomic mass is 32.2. The minimum atomic E-state index is -3.23. The van der Waals surface area contributed by atoms with E-state index in [9.17, 15) is 13.2 Å². The number of rotatable bonds is 6. The van der Waals surface area contributed by atoms with E-state index in [1.54, 1.807) is 18.5 Å². The molecule has 0 amide bonds. The van der Waals surface area contributed by atoms with Gasteiger partial charge < -0.3 is 9.13 Å². The molecule has 0 N–H and O–H groups in total. The molecule has 1 aliphatic carbocycles. The number of imidazole rings is 1. The Bertz CT molecular complexity index is 1290. The molecule has 1 fully saturated rings. The summed E-state index contributed by atoms with van der Waals surface area (Å²) in [6.07, 6.45) is 6.25. The number of hydrogen-bond donors (Lipinski definition) is 0. The largest absolute Gasteiger partial charge is 0.327 e. The first-order chi connectivity index (χ1) is 14.0. The molecule has 2 aromatic heterocycles. The highest BCUT2D eigenvalue weighted by molar-refractivity contribution is 7.89. The molecule has 0 spiro atoms. The van der Waals surface area contributed by atoms with Crippen LogP contribution in [0.1, 0.15) is 43.6 Å². The Kier molecular flexibility index (Phi) is 4.92. The normalized spacial score (nSPS) is 15.6. The van der Waals surface area contributed by atoms with Crippen molar-refractivity contribution in [3.8, 4) is 11.1 Å². The molecule has 0 aliphatic heterocycles. The summed E-state index contributed by atoms with van der Waals surface area (Å²) < 4.78 is 28.2. The monoisotopic (exact) mass is 427 g/mol. The van der Waals surface area contributed by atoms with Crippen LogP contribution in [0, 0.1) is 12.3 Å². The van der Waals surface area contributed by atoms with Crippen LogP contribution in [0.15, 0.2) is 29.2 Å². The number of fused-ring (bicyclic) bond motifs is 1. The topological polar surface area (TPSA) is 74.0 Å². The first kappa shape index (κ1) is 20.8. The quantitative estimate of drug-likeness (QED) is 0.602. The SMILES string of the molecule is CCc1nc2c(CS(C)(=O)=O)cc(-c3cc(C)c(=O)n(C)c3)cc2n1CC1(C)CC1. The van der Waals surface area contributed by atoms with E-state index < -0.39 is 9.84 Å². The summed E-state index contributed by atoms with van der Waals surface area (Å²) in [6, 6.07) is 5.88. The molecule has 6 nitrogen and oxygen atoms in total. The summed E-state index contributed by atoms with van der Waals surface area (Å²) in [6.45, 7) is 7.06. The van der Waals surface area contributed by atoms with E-state index in [0.717, 1.165) is 41.0 Å². The van der Waals surface area contributed by atoms with Crippen molar-refractivity contribution in [2.75, 3.05) is 6.26 Å². The molecule has 0 atom stereocenters. The molecule has 0 bridgehead atoms. The van der Waals surface area contributed by atoms with Gasteiger partial charge in [0.15, 0.2) is 9.84 Å². The van der Waals surface area contributed by atoms with Crippen molar-refractivity contribution in [2.24, 2.45) is 12.5 Å². The highest BCUT2D eigenvalue weighted by Crippen LogP contribution is 2.47. The van der Waals surface area contributed by atoms with Crippen molar-refractivity contribution in [1.82, 2.24) is 14.1 Å². The van der Waals surface area contributed by atoms with Crippen LogP contribution in [0.4, 0.5) is 0 Å². The number of hydrogen-bond acceptors (Lipinski definition) is 4. The Morgan fingerprint density at radius 1 is 1.17 bits per heavy atom. The minimum absolute atomic E-state index is 0.0313. The van der Waals surface area contributed by atoms with Crippen LogP contribution in [-0.2, 0) is 35.6 Å². The van der Waals surface area contributed by atoms with Crippen LogP contribution >= 0.6 is 0 Å². The second kappa shape index (κ2) is 7.08. The van der Waals surface area contributed by atoms with Crippen molar-refractivity contribution in [3.63, 3.8) is 0 Å². The maximum atomic E-state index is 12.2. The van der Waals surface area contributed by atoms with Crippen molar-refractivity contribution >= 4 is 20.9 Å². The first-order valence-corrected chi connectivity index (χ1v) is 12.4. The van der Waals surface area contributed by atoms with Crippen molar-refractivity contribution in [1.29, 1.82) is 0 Å². The molecule has 0 unspecified atom stereocenters. The minimum Gasteiger partial charge on any atom is -0.327 e. The fraction of sp³-hybridized carbons (Fsp3) is 0.478. The van der Waals surface area contributed by atoms with Gasteiger partial charge in [-0.1, -0.05) is 13.8 Å². The van der Waals surface area contributed by atoms with Crippen LogP contribution in [0.5, 0.6) is 0 Å². The molecule has 1 aromatic carbocycles. The van der Waals surface area contributed by atoms with Crippen molar-refractivity contribution < 1.29 is 8.42 Å². The van der Waals surface area contributed by atoms with Gasteiger partial charge in [0, 0.05) is 38.0 Å². The van der Waals surface area contributed by atoms with Crippen LogP contribution in [-0.4, -0.2) is 28.8 Å². The maximum Gasteiger partial charge on any atom is 0.253 e. The van der Waals surface area contributed by atoms with E-state index in [-0.39, 0.29) is 16.7 Å². The van der Waals surface area contributed by atoms with E-state index >= 15 is 0 Å². The molecule has 30 heavy (non-hydrogen) atoms. The molecule has 7 heteroatoms. The third-order valence-electron chi connectivity index (χ3n) is 6.09. The van der Waals surface area contributed by atoms with Crippen LogP contribution < -0.4 is 5.56 Å². The van der Waals surface area contributed by atoms with Gasteiger partial charge in [0.2, 0.25) is 0 Å². The predicted octanol–water partition coefficient (Wildman–Crippen LogP) is 3.62. The molecule has 1 aliphatic rings. The molecule has 0 saturated heterocycles. The van der Waals surface area contributed by atoms with E-state index in [0.29, 0.717) is 11.1 Å². The zero-order valence-corrected chi connectivity index (χ0v) is 19.1. The predicted molar refractivity (Wildman–Crippen MR) is 120 cm³/mol. The number of aromatic nitrogens is 3. The molecule has 4 rings (SSSR count). The number of nitrogens with zero attached hydrogens (tertiary/aromatic N) is 3. The Labute approximate surface area is 177 Å². The van der Waals surface area contributed by atoms with Gasteiger partial charge in [-0.15, -0.1) is 0 Å². The zero-order chi connectivity index (χ0) is 21.8. The summed E-state index contributed by atoms with van der Waals surface area (Å²) in [7, 11) is -1.49. The second-order valence-corrected chi connectivity index (χ2v) is 11.3. The Morgan fingerprint density at radius 2 is 1.87 bits per heavy atom. The first-order valence-electron chi connectivity index (χ1n) is 10.4. The van der Waals surface area contributed by atoms with Crippen LogP contribution in [0.3, 0.4) is 0 Å². The molecule has 0 radical (unpaired) electrons. The fourth-order valence-corrected chi connectivity index (χ4v) is 4.92. The average molecular weight is 428 g/mol. The van der Waals surface area contributed by atoms with Gasteiger partial charge in [-0.25, -0.2) is 13.4 Å². The Balaban J connectivity index is 1.99. The Hall–Kier alpha value is -2.41. The lowest BCUT2D eigenvalue weighted by Crippen LogP contribution is -2.18. The van der Waals surface area contributed by atoms with E-state index in [1.165, 1.54) is 19.1 Å². The molecule has 1 saturated carbocycles. The number of aryl methyl sites for hydroxylation is 3. The molecule has 3 aromatic rings. The van der Waals surface area contributed by atoms with Gasteiger partial charge in [0.05, 0.1) is 16.8 Å². The zero-order valence-electron chi connectivity index (χ0n) is 18.3. The maximum absolute atomic E-state index is 12.2. The van der Waals surface area contributed by atoms with Gasteiger partial charge in [0.25, 0.3) is 5.56 Å². The van der Waals surface area contributed by atoms with Gasteiger partial charge >= 0.3 is 0 Å². The van der Waals surface area contributed by atoms with Gasteiger partial charge in [-0.3, -0.25) is 4.79 Å². The fourth-order valence-electron chi connectivity index (χ4n) is 4.14. The summed E-state index contributed by atoms with van der Waals surface area (Å²) in [4.78, 5) is 17.0. The van der Waals surface area contributed by atoms with Crippen LogP contribution in [0.25, 0.3) is 22.2 Å². The van der Waals surface area contributed by atoms with E-state index in [4.69, 9.17) is 4.98 Å². The summed E-state index contributed by atoms with van der Waals surface area (Å²) >= 11 is 0. The van der Waals surface area contributed by atoms with Gasteiger partial charge in [-0.05, 0) is 60.1 Å². The third-order valence-corrected chi connectivity index (χ3v) is 6.92. The van der Waals surface area contributed by atoms with Gasteiger partial charge in [-0.2, -0.15) is 0 Å². The van der Waals surface area contributed by atoms with E-state index in [1.807, 2.05) is 18.3 Å².